The molecule has 0 heterocycles. The topological polar surface area (TPSA) is 72.2 Å². The number of hydrogen-bond donors (Lipinski definition) is 1. The first-order chi connectivity index (χ1) is 8.37. The van der Waals surface area contributed by atoms with E-state index in [0.717, 1.165) is 0 Å². The van der Waals surface area contributed by atoms with E-state index >= 15 is 0 Å². The van der Waals surface area contributed by atoms with Crippen LogP contribution in [0.4, 0.5) is 5.69 Å². The third-order valence-electron chi connectivity index (χ3n) is 2.43. The number of alkyl halides is 1. The van der Waals surface area contributed by atoms with E-state index in [4.69, 9.17) is 11.6 Å². The molecule has 98 valence electrons. The molecule has 0 aliphatic heterocycles. The first-order valence-corrected chi connectivity index (χ1v) is 5.98. The lowest BCUT2D eigenvalue weighted by Crippen LogP contribution is -2.35. The van der Waals surface area contributed by atoms with Crippen molar-refractivity contribution >= 4 is 23.2 Å². The van der Waals surface area contributed by atoms with E-state index in [1.54, 1.807) is 6.07 Å². The first-order valence-electron chi connectivity index (χ1n) is 5.45. The SMILES string of the molecule is CC(C)(CCl)CNC(=O)c1ccccc1[N+](=O)[O-]. The highest BCUT2D eigenvalue weighted by Gasteiger charge is 2.22. The quantitative estimate of drug-likeness (QED) is 0.508. The Morgan fingerprint density at radius 3 is 2.61 bits per heavy atom. The van der Waals surface area contributed by atoms with E-state index < -0.39 is 10.8 Å². The van der Waals surface area contributed by atoms with Gasteiger partial charge in [0.15, 0.2) is 0 Å². The van der Waals surface area contributed by atoms with Gasteiger partial charge in [-0.3, -0.25) is 14.9 Å². The van der Waals surface area contributed by atoms with Gasteiger partial charge >= 0.3 is 0 Å². The molecule has 0 fully saturated rings. The molecule has 0 atom stereocenters. The molecule has 0 radical (unpaired) electrons. The lowest BCUT2D eigenvalue weighted by Gasteiger charge is -2.21. The molecule has 0 aliphatic rings. The fourth-order valence-corrected chi connectivity index (χ4v) is 1.38. The van der Waals surface area contributed by atoms with Gasteiger partial charge in [0.25, 0.3) is 11.6 Å². The van der Waals surface area contributed by atoms with Crippen LogP contribution in [0.25, 0.3) is 0 Å². The Balaban J connectivity index is 2.82. The molecule has 1 aromatic carbocycles. The molecule has 0 spiro atoms. The highest BCUT2D eigenvalue weighted by molar-refractivity contribution is 6.18. The summed E-state index contributed by atoms with van der Waals surface area (Å²) in [5.41, 5.74) is -0.382. The van der Waals surface area contributed by atoms with E-state index in [2.05, 4.69) is 5.32 Å². The van der Waals surface area contributed by atoms with Crippen molar-refractivity contribution in [1.29, 1.82) is 0 Å². The zero-order valence-electron chi connectivity index (χ0n) is 10.3. The number of benzene rings is 1. The molecule has 0 aromatic heterocycles. The molecule has 1 rings (SSSR count). The van der Waals surface area contributed by atoms with Crippen molar-refractivity contribution in [3.63, 3.8) is 0 Å². The summed E-state index contributed by atoms with van der Waals surface area (Å²) >= 11 is 5.74. The number of halogens is 1. The monoisotopic (exact) mass is 270 g/mol. The number of nitro groups is 1. The van der Waals surface area contributed by atoms with Crippen LogP contribution in [-0.2, 0) is 0 Å². The van der Waals surface area contributed by atoms with Gasteiger partial charge < -0.3 is 5.32 Å². The molecule has 1 N–H and O–H groups in total. The minimum atomic E-state index is -0.568. The molecule has 5 nitrogen and oxygen atoms in total. The summed E-state index contributed by atoms with van der Waals surface area (Å²) in [5, 5.41) is 13.4. The summed E-state index contributed by atoms with van der Waals surface area (Å²) < 4.78 is 0. The van der Waals surface area contributed by atoms with Gasteiger partial charge in [0.1, 0.15) is 5.56 Å². The average Bonchev–Trinajstić information content (AvgIpc) is 2.36. The second-order valence-corrected chi connectivity index (χ2v) is 5.02. The van der Waals surface area contributed by atoms with Crippen molar-refractivity contribution in [2.45, 2.75) is 13.8 Å². The molecule has 0 saturated carbocycles. The van der Waals surface area contributed by atoms with Crippen molar-refractivity contribution in [1.82, 2.24) is 5.32 Å². The summed E-state index contributed by atoms with van der Waals surface area (Å²) in [6.45, 7) is 4.17. The first kappa shape index (κ1) is 14.4. The number of carbonyl (C=O) groups is 1. The van der Waals surface area contributed by atoms with Crippen molar-refractivity contribution in [3.05, 3.63) is 39.9 Å². The minimum absolute atomic E-state index is 0.0628. The maximum Gasteiger partial charge on any atom is 0.282 e. The van der Waals surface area contributed by atoms with Gasteiger partial charge in [0.05, 0.1) is 4.92 Å². The van der Waals surface area contributed by atoms with Crippen LogP contribution in [-0.4, -0.2) is 23.3 Å². The lowest BCUT2D eigenvalue weighted by atomic mass is 9.96. The maximum atomic E-state index is 11.9. The highest BCUT2D eigenvalue weighted by Crippen LogP contribution is 2.19. The van der Waals surface area contributed by atoms with Crippen LogP contribution < -0.4 is 5.32 Å². The van der Waals surface area contributed by atoms with Gasteiger partial charge in [0.2, 0.25) is 0 Å². The fraction of sp³-hybridized carbons (Fsp3) is 0.417. The number of amides is 1. The van der Waals surface area contributed by atoms with Gasteiger partial charge in [-0.2, -0.15) is 0 Å². The van der Waals surface area contributed by atoms with Gasteiger partial charge in [-0.15, -0.1) is 11.6 Å². The zero-order chi connectivity index (χ0) is 13.8. The molecule has 1 aromatic rings. The Bertz CT molecular complexity index is 460. The third kappa shape index (κ3) is 3.70. The van der Waals surface area contributed by atoms with Crippen LogP contribution in [0.3, 0.4) is 0 Å². The van der Waals surface area contributed by atoms with Gasteiger partial charge in [-0.1, -0.05) is 26.0 Å². The number of nitrogens with zero attached hydrogens (tertiary/aromatic N) is 1. The number of para-hydroxylation sites is 1. The van der Waals surface area contributed by atoms with E-state index in [1.807, 2.05) is 13.8 Å². The predicted molar refractivity (Wildman–Crippen MR) is 69.9 cm³/mol. The van der Waals surface area contributed by atoms with Crippen molar-refractivity contribution in [3.8, 4) is 0 Å². The smallest absolute Gasteiger partial charge is 0.282 e. The van der Waals surface area contributed by atoms with Gasteiger partial charge in [-0.25, -0.2) is 0 Å². The molecule has 0 saturated heterocycles. The Kier molecular flexibility index (Phi) is 4.67. The van der Waals surface area contributed by atoms with Crippen LogP contribution in [0.1, 0.15) is 24.2 Å². The number of carbonyl (C=O) groups excluding carboxylic acids is 1. The second-order valence-electron chi connectivity index (χ2n) is 4.75. The highest BCUT2D eigenvalue weighted by atomic mass is 35.5. The number of nitrogens with one attached hydrogen (secondary N) is 1. The lowest BCUT2D eigenvalue weighted by molar-refractivity contribution is -0.385. The van der Waals surface area contributed by atoms with Gasteiger partial charge in [-0.05, 0) is 11.5 Å². The summed E-state index contributed by atoms with van der Waals surface area (Å²) in [6.07, 6.45) is 0. The zero-order valence-corrected chi connectivity index (χ0v) is 11.0. The van der Waals surface area contributed by atoms with E-state index in [-0.39, 0.29) is 16.7 Å². The standard InChI is InChI=1S/C12H15ClN2O3/c1-12(2,7-13)8-14-11(16)9-5-3-4-6-10(9)15(17)18/h3-6H,7-8H2,1-2H3,(H,14,16). The molecule has 0 bridgehead atoms. The van der Waals surface area contributed by atoms with Crippen LogP contribution in [0.15, 0.2) is 24.3 Å². The third-order valence-corrected chi connectivity index (χ3v) is 3.16. The fourth-order valence-electron chi connectivity index (χ4n) is 1.29. The molecule has 1 amide bonds. The molecular weight excluding hydrogens is 256 g/mol. The molecule has 18 heavy (non-hydrogen) atoms. The number of nitro benzene ring substituents is 1. The largest absolute Gasteiger partial charge is 0.351 e. The number of hydrogen-bond acceptors (Lipinski definition) is 3. The Morgan fingerprint density at radius 1 is 1.44 bits per heavy atom. The van der Waals surface area contributed by atoms with Crippen molar-refractivity contribution in [2.75, 3.05) is 12.4 Å². The van der Waals surface area contributed by atoms with Crippen molar-refractivity contribution < 1.29 is 9.72 Å². The van der Waals surface area contributed by atoms with Crippen molar-refractivity contribution in [2.24, 2.45) is 5.41 Å². The van der Waals surface area contributed by atoms with Crippen LogP contribution in [0, 0.1) is 15.5 Å². The van der Waals surface area contributed by atoms with E-state index in [9.17, 15) is 14.9 Å². The minimum Gasteiger partial charge on any atom is -0.351 e. The Labute approximate surface area is 110 Å². The van der Waals surface area contributed by atoms with E-state index in [0.29, 0.717) is 12.4 Å². The predicted octanol–water partition coefficient (Wildman–Crippen LogP) is 2.59. The molecule has 6 heteroatoms. The molecule has 0 unspecified atom stereocenters. The maximum absolute atomic E-state index is 11.9. The molecule has 0 aliphatic carbocycles. The van der Waals surface area contributed by atoms with Crippen LogP contribution in [0.5, 0.6) is 0 Å². The van der Waals surface area contributed by atoms with Gasteiger partial charge in [0, 0.05) is 18.5 Å². The Hall–Kier alpha value is -1.62. The molecular formula is C12H15ClN2O3. The summed E-state index contributed by atoms with van der Waals surface area (Å²) in [7, 11) is 0. The van der Waals surface area contributed by atoms with Crippen LogP contribution in [0.2, 0.25) is 0 Å². The number of rotatable bonds is 5. The summed E-state index contributed by atoms with van der Waals surface area (Å²) in [4.78, 5) is 22.1. The Morgan fingerprint density at radius 2 is 2.06 bits per heavy atom. The second kappa shape index (κ2) is 5.82. The summed E-state index contributed by atoms with van der Waals surface area (Å²) in [5.74, 6) is -0.0649. The van der Waals surface area contributed by atoms with E-state index in [1.165, 1.54) is 18.2 Å². The summed E-state index contributed by atoms with van der Waals surface area (Å²) in [6, 6.07) is 5.86. The average molecular weight is 271 g/mol. The normalized spacial score (nSPS) is 11.1. The van der Waals surface area contributed by atoms with Crippen LogP contribution >= 0.6 is 11.6 Å².